The highest BCUT2D eigenvalue weighted by Gasteiger charge is 2.30. The third-order valence-electron chi connectivity index (χ3n) is 5.69. The van der Waals surface area contributed by atoms with Gasteiger partial charge in [0.25, 0.3) is 11.9 Å². The number of nitrogens with zero attached hydrogens (tertiary/aromatic N) is 3. The Morgan fingerprint density at radius 3 is 2.47 bits per heavy atom. The van der Waals surface area contributed by atoms with Gasteiger partial charge in [-0.25, -0.2) is 0 Å². The van der Waals surface area contributed by atoms with Crippen LogP contribution in [0.4, 0.5) is 17.4 Å². The highest BCUT2D eigenvalue weighted by molar-refractivity contribution is 5.95. The third-order valence-corrected chi connectivity index (χ3v) is 5.69. The van der Waals surface area contributed by atoms with Gasteiger partial charge < -0.3 is 24.3 Å². The van der Waals surface area contributed by atoms with E-state index in [0.717, 1.165) is 16.8 Å². The lowest BCUT2D eigenvalue weighted by molar-refractivity contribution is -0.158. The lowest BCUT2D eigenvalue weighted by atomic mass is 9.97. The standard InChI is InChI=1S/C24H28N4O4/c1-16(22(29)25-18-8-10-19(11-9-18)27(2)3)31-23(30)17-12-14-28(15-13-17)24-26-20-6-4-5-7-21(20)32-24/h4-11,16-17H,12-15H2,1-3H3,(H,25,29)/t16-/m0/s1. The van der Waals surface area contributed by atoms with Crippen molar-refractivity contribution >= 4 is 40.4 Å². The van der Waals surface area contributed by atoms with Crippen LogP contribution in [0.2, 0.25) is 0 Å². The van der Waals surface area contributed by atoms with Gasteiger partial charge in [-0.05, 0) is 56.2 Å². The molecule has 1 atom stereocenters. The summed E-state index contributed by atoms with van der Waals surface area (Å²) in [6, 6.07) is 15.7. The van der Waals surface area contributed by atoms with Gasteiger partial charge in [0.05, 0.1) is 5.92 Å². The van der Waals surface area contributed by atoms with Gasteiger partial charge in [0.15, 0.2) is 11.7 Å². The van der Waals surface area contributed by atoms with Gasteiger partial charge in [0.1, 0.15) is 5.52 Å². The van der Waals surface area contributed by atoms with Crippen molar-refractivity contribution in [2.75, 3.05) is 42.3 Å². The van der Waals surface area contributed by atoms with Crippen LogP contribution in [0.15, 0.2) is 52.9 Å². The van der Waals surface area contributed by atoms with Crippen molar-refractivity contribution in [1.82, 2.24) is 4.98 Å². The van der Waals surface area contributed by atoms with E-state index >= 15 is 0 Å². The van der Waals surface area contributed by atoms with E-state index in [9.17, 15) is 9.59 Å². The minimum atomic E-state index is -0.869. The Bertz CT molecular complexity index is 1050. The minimum absolute atomic E-state index is 0.245. The second-order valence-corrected chi connectivity index (χ2v) is 8.24. The number of nitrogens with one attached hydrogen (secondary N) is 1. The minimum Gasteiger partial charge on any atom is -0.452 e. The molecule has 8 heteroatoms. The molecule has 0 aliphatic carbocycles. The monoisotopic (exact) mass is 436 g/mol. The van der Waals surface area contributed by atoms with Gasteiger partial charge in [-0.2, -0.15) is 4.98 Å². The quantitative estimate of drug-likeness (QED) is 0.590. The summed E-state index contributed by atoms with van der Waals surface area (Å²) < 4.78 is 11.3. The maximum Gasteiger partial charge on any atom is 0.309 e. The van der Waals surface area contributed by atoms with Crippen LogP contribution in [0.5, 0.6) is 0 Å². The molecule has 1 saturated heterocycles. The zero-order valence-electron chi connectivity index (χ0n) is 18.6. The Morgan fingerprint density at radius 2 is 1.81 bits per heavy atom. The molecule has 0 spiro atoms. The predicted octanol–water partition coefficient (Wildman–Crippen LogP) is 3.68. The van der Waals surface area contributed by atoms with E-state index in [1.165, 1.54) is 0 Å². The Kier molecular flexibility index (Phi) is 6.30. The normalized spacial score (nSPS) is 15.4. The number of para-hydroxylation sites is 2. The van der Waals surface area contributed by atoms with E-state index in [0.29, 0.717) is 37.6 Å². The molecular formula is C24H28N4O4. The number of carbonyl (C=O) groups excluding carboxylic acids is 2. The fourth-order valence-corrected chi connectivity index (χ4v) is 3.71. The number of oxazole rings is 1. The van der Waals surface area contributed by atoms with E-state index in [4.69, 9.17) is 9.15 Å². The summed E-state index contributed by atoms with van der Waals surface area (Å²) in [7, 11) is 3.90. The van der Waals surface area contributed by atoms with Gasteiger partial charge in [0.2, 0.25) is 0 Å². The number of esters is 1. The van der Waals surface area contributed by atoms with Gasteiger partial charge >= 0.3 is 5.97 Å². The Balaban J connectivity index is 1.27. The van der Waals surface area contributed by atoms with Crippen LogP contribution in [-0.2, 0) is 14.3 Å². The van der Waals surface area contributed by atoms with E-state index in [1.807, 2.05) is 72.4 Å². The largest absolute Gasteiger partial charge is 0.452 e. The Labute approximate surface area is 187 Å². The molecule has 1 fully saturated rings. The molecule has 168 valence electrons. The maximum absolute atomic E-state index is 12.6. The van der Waals surface area contributed by atoms with Crippen LogP contribution < -0.4 is 15.1 Å². The van der Waals surface area contributed by atoms with E-state index in [2.05, 4.69) is 10.3 Å². The molecule has 1 aliphatic heterocycles. The molecule has 32 heavy (non-hydrogen) atoms. The SMILES string of the molecule is C[C@H](OC(=O)C1CCN(c2nc3ccccc3o2)CC1)C(=O)Nc1ccc(N(C)C)cc1. The number of rotatable bonds is 6. The zero-order chi connectivity index (χ0) is 22.7. The number of hydrogen-bond donors (Lipinski definition) is 1. The average Bonchev–Trinajstić information content (AvgIpc) is 3.24. The van der Waals surface area contributed by atoms with Gasteiger partial charge in [-0.3, -0.25) is 9.59 Å². The van der Waals surface area contributed by atoms with Crippen molar-refractivity contribution < 1.29 is 18.7 Å². The first-order valence-corrected chi connectivity index (χ1v) is 10.8. The van der Waals surface area contributed by atoms with Gasteiger partial charge in [-0.15, -0.1) is 0 Å². The number of hydrogen-bond acceptors (Lipinski definition) is 7. The number of fused-ring (bicyclic) bond motifs is 1. The van der Waals surface area contributed by atoms with Crippen molar-refractivity contribution in [2.45, 2.75) is 25.9 Å². The molecule has 2 aromatic carbocycles. The number of anilines is 3. The molecule has 1 aliphatic rings. The summed E-state index contributed by atoms with van der Waals surface area (Å²) in [5.74, 6) is -0.932. The topological polar surface area (TPSA) is 87.9 Å². The summed E-state index contributed by atoms with van der Waals surface area (Å²) in [5, 5.41) is 2.79. The van der Waals surface area contributed by atoms with Crippen molar-refractivity contribution in [3.05, 3.63) is 48.5 Å². The molecule has 3 aromatic rings. The van der Waals surface area contributed by atoms with Crippen LogP contribution in [0.25, 0.3) is 11.1 Å². The van der Waals surface area contributed by atoms with Crippen LogP contribution in [0, 0.1) is 5.92 Å². The number of carbonyl (C=O) groups is 2. The Hall–Kier alpha value is -3.55. The first-order valence-electron chi connectivity index (χ1n) is 10.8. The fourth-order valence-electron chi connectivity index (χ4n) is 3.71. The summed E-state index contributed by atoms with van der Waals surface area (Å²) in [6.07, 6.45) is 0.376. The second kappa shape index (κ2) is 9.30. The molecule has 2 heterocycles. The highest BCUT2D eigenvalue weighted by atomic mass is 16.5. The average molecular weight is 437 g/mol. The molecule has 1 N–H and O–H groups in total. The number of amides is 1. The smallest absolute Gasteiger partial charge is 0.309 e. The van der Waals surface area contributed by atoms with Crippen LogP contribution in [-0.4, -0.2) is 50.1 Å². The predicted molar refractivity (Wildman–Crippen MR) is 124 cm³/mol. The molecule has 8 nitrogen and oxygen atoms in total. The first kappa shape index (κ1) is 21.7. The molecule has 4 rings (SSSR count). The third kappa shape index (κ3) is 4.85. The second-order valence-electron chi connectivity index (χ2n) is 8.24. The first-order chi connectivity index (χ1) is 15.4. The van der Waals surface area contributed by atoms with Crippen LogP contribution in [0.1, 0.15) is 19.8 Å². The van der Waals surface area contributed by atoms with E-state index in [-0.39, 0.29) is 17.8 Å². The van der Waals surface area contributed by atoms with Crippen molar-refractivity contribution in [1.29, 1.82) is 0 Å². The zero-order valence-corrected chi connectivity index (χ0v) is 18.6. The lowest BCUT2D eigenvalue weighted by Gasteiger charge is -2.30. The summed E-state index contributed by atoms with van der Waals surface area (Å²) in [6.45, 7) is 2.88. The highest BCUT2D eigenvalue weighted by Crippen LogP contribution is 2.27. The van der Waals surface area contributed by atoms with E-state index in [1.54, 1.807) is 6.92 Å². The summed E-state index contributed by atoms with van der Waals surface area (Å²) >= 11 is 0. The molecule has 0 unspecified atom stereocenters. The number of benzene rings is 2. The van der Waals surface area contributed by atoms with Crippen molar-refractivity contribution in [2.24, 2.45) is 5.92 Å². The van der Waals surface area contributed by atoms with Gasteiger partial charge in [0, 0.05) is 38.6 Å². The summed E-state index contributed by atoms with van der Waals surface area (Å²) in [5.41, 5.74) is 3.27. The number of aromatic nitrogens is 1. The van der Waals surface area contributed by atoms with Crippen molar-refractivity contribution in [3.8, 4) is 0 Å². The Morgan fingerprint density at radius 1 is 1.12 bits per heavy atom. The lowest BCUT2D eigenvalue weighted by Crippen LogP contribution is -2.39. The molecule has 1 aromatic heterocycles. The number of ether oxygens (including phenoxy) is 1. The molecule has 0 saturated carbocycles. The molecular weight excluding hydrogens is 408 g/mol. The molecule has 0 bridgehead atoms. The maximum atomic E-state index is 12.6. The van der Waals surface area contributed by atoms with E-state index < -0.39 is 6.10 Å². The van der Waals surface area contributed by atoms with Crippen LogP contribution >= 0.6 is 0 Å². The van der Waals surface area contributed by atoms with Crippen molar-refractivity contribution in [3.63, 3.8) is 0 Å². The van der Waals surface area contributed by atoms with Crippen LogP contribution in [0.3, 0.4) is 0 Å². The van der Waals surface area contributed by atoms with Gasteiger partial charge in [-0.1, -0.05) is 12.1 Å². The molecule has 0 radical (unpaired) electrons. The molecule has 1 amide bonds. The summed E-state index contributed by atoms with van der Waals surface area (Å²) in [4.78, 5) is 33.6. The number of piperidine rings is 1. The fraction of sp³-hybridized carbons (Fsp3) is 0.375.